The van der Waals surface area contributed by atoms with E-state index in [4.69, 9.17) is 9.84 Å². The Morgan fingerprint density at radius 3 is 2.64 bits per heavy atom. The standard InChI is InChI=1S/C8H15NO4S/c1-3-13-5-14-4-7(8(11)12)9-6(2)10/h7H,3-5H2,1-2H3,(H,9,10)(H,11,12)/t7-/m0/s1. The number of carbonyl (C=O) groups is 2. The predicted octanol–water partition coefficient (Wildman–Crippen LogP) is 0.303. The van der Waals surface area contributed by atoms with Crippen LogP contribution in [0.2, 0.25) is 0 Å². The lowest BCUT2D eigenvalue weighted by Crippen LogP contribution is -2.41. The quantitative estimate of drug-likeness (QED) is 0.478. The highest BCUT2D eigenvalue weighted by Crippen LogP contribution is 2.03. The Hall–Kier alpha value is -0.750. The van der Waals surface area contributed by atoms with Crippen molar-refractivity contribution in [2.45, 2.75) is 19.9 Å². The molecular weight excluding hydrogens is 206 g/mol. The molecule has 1 atom stereocenters. The molecule has 0 aromatic rings. The Kier molecular flexibility index (Phi) is 7.23. The van der Waals surface area contributed by atoms with Crippen LogP contribution in [0, 0.1) is 0 Å². The number of nitrogens with one attached hydrogen (secondary N) is 1. The molecule has 0 spiro atoms. The molecule has 0 unspecified atom stereocenters. The van der Waals surface area contributed by atoms with E-state index in [1.54, 1.807) is 0 Å². The third-order valence-corrected chi connectivity index (χ3v) is 2.23. The number of hydrogen-bond acceptors (Lipinski definition) is 4. The molecule has 6 heteroatoms. The zero-order valence-corrected chi connectivity index (χ0v) is 9.10. The van der Waals surface area contributed by atoms with Crippen molar-refractivity contribution in [3.8, 4) is 0 Å². The molecule has 5 nitrogen and oxygen atoms in total. The van der Waals surface area contributed by atoms with Gasteiger partial charge in [0.25, 0.3) is 0 Å². The molecule has 1 amide bonds. The van der Waals surface area contributed by atoms with Crippen LogP contribution in [0.15, 0.2) is 0 Å². The van der Waals surface area contributed by atoms with Crippen molar-refractivity contribution in [1.29, 1.82) is 0 Å². The van der Waals surface area contributed by atoms with Gasteiger partial charge in [-0.3, -0.25) is 4.79 Å². The Morgan fingerprint density at radius 2 is 2.21 bits per heavy atom. The highest BCUT2D eigenvalue weighted by atomic mass is 32.2. The first kappa shape index (κ1) is 13.2. The van der Waals surface area contributed by atoms with Crippen molar-refractivity contribution < 1.29 is 19.4 Å². The van der Waals surface area contributed by atoms with Gasteiger partial charge in [-0.15, -0.1) is 11.8 Å². The molecule has 0 aliphatic carbocycles. The summed E-state index contributed by atoms with van der Waals surface area (Å²) in [6.45, 7) is 3.76. The van der Waals surface area contributed by atoms with Gasteiger partial charge in [-0.25, -0.2) is 4.79 Å². The molecule has 0 fully saturated rings. The summed E-state index contributed by atoms with van der Waals surface area (Å²) in [7, 11) is 0. The van der Waals surface area contributed by atoms with E-state index >= 15 is 0 Å². The molecule has 0 saturated carbocycles. The van der Waals surface area contributed by atoms with Gasteiger partial charge in [-0.1, -0.05) is 0 Å². The van der Waals surface area contributed by atoms with Crippen molar-refractivity contribution in [3.63, 3.8) is 0 Å². The van der Waals surface area contributed by atoms with Crippen LogP contribution >= 0.6 is 11.8 Å². The molecule has 0 aromatic heterocycles. The summed E-state index contributed by atoms with van der Waals surface area (Å²) < 4.78 is 5.03. The van der Waals surface area contributed by atoms with Crippen molar-refractivity contribution in [1.82, 2.24) is 5.32 Å². The Labute approximate surface area is 87.2 Å². The molecule has 0 aliphatic heterocycles. The summed E-state index contributed by atoms with van der Waals surface area (Å²) in [5.74, 6) is -0.604. The summed E-state index contributed by atoms with van der Waals surface area (Å²) in [6.07, 6.45) is 0. The van der Waals surface area contributed by atoms with Crippen LogP contribution in [0.4, 0.5) is 0 Å². The fraction of sp³-hybridized carbons (Fsp3) is 0.750. The first-order valence-corrected chi connectivity index (χ1v) is 5.38. The lowest BCUT2D eigenvalue weighted by atomic mass is 10.3. The largest absolute Gasteiger partial charge is 0.480 e. The molecule has 0 bridgehead atoms. The maximum atomic E-state index is 10.6. The zero-order valence-electron chi connectivity index (χ0n) is 8.28. The fourth-order valence-corrected chi connectivity index (χ4v) is 1.57. The van der Waals surface area contributed by atoms with Gasteiger partial charge < -0.3 is 15.2 Å². The second-order valence-electron chi connectivity index (χ2n) is 2.57. The Morgan fingerprint density at radius 1 is 1.57 bits per heavy atom. The topological polar surface area (TPSA) is 75.6 Å². The molecule has 0 saturated heterocycles. The first-order valence-electron chi connectivity index (χ1n) is 4.23. The van der Waals surface area contributed by atoms with Gasteiger partial charge in [0.15, 0.2) is 0 Å². The molecule has 0 rings (SSSR count). The van der Waals surface area contributed by atoms with Gasteiger partial charge >= 0.3 is 5.97 Å². The van der Waals surface area contributed by atoms with Gasteiger partial charge in [0.1, 0.15) is 6.04 Å². The van der Waals surface area contributed by atoms with Gasteiger partial charge in [-0.05, 0) is 6.92 Å². The first-order chi connectivity index (χ1) is 6.57. The van der Waals surface area contributed by atoms with E-state index < -0.39 is 12.0 Å². The maximum Gasteiger partial charge on any atom is 0.327 e. The number of carboxylic acids is 1. The monoisotopic (exact) mass is 221 g/mol. The minimum absolute atomic E-state index is 0.314. The zero-order chi connectivity index (χ0) is 11.0. The number of thioether (sulfide) groups is 1. The summed E-state index contributed by atoms with van der Waals surface area (Å²) in [4.78, 5) is 21.3. The second kappa shape index (κ2) is 7.64. The number of carbonyl (C=O) groups excluding carboxylic acids is 1. The Balaban J connectivity index is 3.74. The molecule has 2 N–H and O–H groups in total. The molecule has 0 aliphatic rings. The van der Waals surface area contributed by atoms with Crippen LogP contribution in [0.1, 0.15) is 13.8 Å². The van der Waals surface area contributed by atoms with Crippen LogP contribution in [-0.2, 0) is 14.3 Å². The normalized spacial score (nSPS) is 12.1. The molecule has 14 heavy (non-hydrogen) atoms. The third-order valence-electron chi connectivity index (χ3n) is 1.33. The fourth-order valence-electron chi connectivity index (χ4n) is 0.728. The third kappa shape index (κ3) is 6.73. The van der Waals surface area contributed by atoms with E-state index in [2.05, 4.69) is 5.32 Å². The Bertz CT molecular complexity index is 198. The summed E-state index contributed by atoms with van der Waals surface area (Å²) in [5.41, 5.74) is 0. The number of aliphatic carboxylic acids is 1. The molecule has 0 aromatic carbocycles. The number of ether oxygens (including phenoxy) is 1. The highest BCUT2D eigenvalue weighted by molar-refractivity contribution is 7.99. The molecular formula is C8H15NO4S. The smallest absolute Gasteiger partial charge is 0.327 e. The summed E-state index contributed by atoms with van der Waals surface area (Å²) in [6, 6.07) is -0.835. The lowest BCUT2D eigenvalue weighted by molar-refractivity contribution is -0.140. The average molecular weight is 221 g/mol. The lowest BCUT2D eigenvalue weighted by Gasteiger charge is -2.12. The number of carboxylic acid groups (broad SMARTS) is 1. The van der Waals surface area contributed by atoms with E-state index in [0.29, 0.717) is 18.3 Å². The van der Waals surface area contributed by atoms with Crippen molar-refractivity contribution in [3.05, 3.63) is 0 Å². The van der Waals surface area contributed by atoms with Crippen molar-refractivity contribution in [2.24, 2.45) is 0 Å². The van der Waals surface area contributed by atoms with Crippen molar-refractivity contribution >= 4 is 23.6 Å². The van der Waals surface area contributed by atoms with E-state index in [1.165, 1.54) is 18.7 Å². The minimum atomic E-state index is -1.02. The summed E-state index contributed by atoms with van der Waals surface area (Å²) >= 11 is 1.34. The van der Waals surface area contributed by atoms with Gasteiger partial charge in [0.05, 0.1) is 5.94 Å². The van der Waals surface area contributed by atoms with Crippen LogP contribution in [-0.4, -0.2) is 41.3 Å². The molecule has 0 radical (unpaired) electrons. The van der Waals surface area contributed by atoms with Crippen LogP contribution in [0.3, 0.4) is 0 Å². The van der Waals surface area contributed by atoms with Crippen molar-refractivity contribution in [2.75, 3.05) is 18.3 Å². The van der Waals surface area contributed by atoms with Crippen LogP contribution in [0.25, 0.3) is 0 Å². The van der Waals surface area contributed by atoms with Gasteiger partial charge in [-0.2, -0.15) is 0 Å². The summed E-state index contributed by atoms with van der Waals surface area (Å²) in [5, 5.41) is 11.1. The number of hydrogen-bond donors (Lipinski definition) is 2. The van der Waals surface area contributed by atoms with E-state index in [9.17, 15) is 9.59 Å². The van der Waals surface area contributed by atoms with E-state index in [0.717, 1.165) is 0 Å². The predicted molar refractivity (Wildman–Crippen MR) is 54.2 cm³/mol. The maximum absolute atomic E-state index is 10.6. The minimum Gasteiger partial charge on any atom is -0.480 e. The number of amides is 1. The van der Waals surface area contributed by atoms with E-state index in [1.807, 2.05) is 6.92 Å². The number of rotatable bonds is 7. The van der Waals surface area contributed by atoms with E-state index in [-0.39, 0.29) is 5.91 Å². The second-order valence-corrected chi connectivity index (χ2v) is 3.55. The SMILES string of the molecule is CCOCSC[C@H](NC(C)=O)C(=O)O. The average Bonchev–Trinajstić information content (AvgIpc) is 2.09. The van der Waals surface area contributed by atoms with Crippen LogP contribution in [0.5, 0.6) is 0 Å². The highest BCUT2D eigenvalue weighted by Gasteiger charge is 2.17. The molecule has 82 valence electrons. The van der Waals surface area contributed by atoms with Gasteiger partial charge in [0, 0.05) is 19.3 Å². The van der Waals surface area contributed by atoms with Gasteiger partial charge in [0.2, 0.25) is 5.91 Å². The molecule has 0 heterocycles. The van der Waals surface area contributed by atoms with Crippen LogP contribution < -0.4 is 5.32 Å².